The van der Waals surface area contributed by atoms with Crippen molar-refractivity contribution in [3.8, 4) is 11.1 Å². The average Bonchev–Trinajstić information content (AvgIpc) is 3.33. The molecule has 0 fully saturated rings. The Bertz CT molecular complexity index is 995. The Hall–Kier alpha value is -2.60. The van der Waals surface area contributed by atoms with Crippen molar-refractivity contribution < 1.29 is 0 Å². The van der Waals surface area contributed by atoms with Crippen molar-refractivity contribution in [1.82, 2.24) is 0 Å². The summed E-state index contributed by atoms with van der Waals surface area (Å²) in [5.74, 6) is 0. The maximum atomic E-state index is 2.38. The van der Waals surface area contributed by atoms with Crippen LogP contribution >= 0.6 is 0 Å². The van der Waals surface area contributed by atoms with Crippen LogP contribution in [0.25, 0.3) is 32.7 Å². The maximum Gasteiger partial charge on any atom is -0.00135 e. The Morgan fingerprint density at radius 2 is 1.29 bits per heavy atom. The van der Waals surface area contributed by atoms with Crippen LogP contribution in [0.15, 0.2) is 72.8 Å². The molecule has 4 aromatic carbocycles. The lowest BCUT2D eigenvalue weighted by atomic mass is 9.96. The molecule has 0 heteroatoms. The largest absolute Gasteiger partial charge is 0.0622 e. The molecule has 0 heterocycles. The van der Waals surface area contributed by atoms with Gasteiger partial charge in [0.15, 0.2) is 0 Å². The van der Waals surface area contributed by atoms with E-state index in [0.29, 0.717) is 0 Å². The second-order valence-electron chi connectivity index (χ2n) is 5.85. The van der Waals surface area contributed by atoms with E-state index in [1.807, 2.05) is 0 Å². The molecule has 0 spiro atoms. The first-order valence-corrected chi connectivity index (χ1v) is 7.43. The number of rotatable bonds is 1. The smallest absolute Gasteiger partial charge is 0.00135 e. The fourth-order valence-corrected chi connectivity index (χ4v) is 3.37. The van der Waals surface area contributed by atoms with Gasteiger partial charge in [-0.05, 0) is 68.4 Å². The van der Waals surface area contributed by atoms with Crippen molar-refractivity contribution >= 4 is 21.5 Å². The lowest BCUT2D eigenvalue weighted by molar-refractivity contribution is 1.61. The zero-order valence-corrected chi connectivity index (χ0v) is 11.6. The Kier molecular flexibility index (Phi) is 2.09. The first-order valence-electron chi connectivity index (χ1n) is 7.43. The summed E-state index contributed by atoms with van der Waals surface area (Å²) >= 11 is 0. The molecule has 5 rings (SSSR count). The van der Waals surface area contributed by atoms with Crippen LogP contribution in [-0.2, 0) is 6.42 Å². The van der Waals surface area contributed by atoms with Crippen LogP contribution in [0.1, 0.15) is 11.1 Å². The SMILES string of the molecule is c1ccc(-c2cc3c(c4cc5ccccc5cc24)C3)cc1. The highest BCUT2D eigenvalue weighted by molar-refractivity contribution is 6.08. The van der Waals surface area contributed by atoms with Crippen molar-refractivity contribution in [3.63, 3.8) is 0 Å². The summed E-state index contributed by atoms with van der Waals surface area (Å²) < 4.78 is 0. The lowest BCUT2D eigenvalue weighted by Crippen LogP contribution is -1.82. The van der Waals surface area contributed by atoms with Gasteiger partial charge in [0, 0.05) is 0 Å². The minimum absolute atomic E-state index is 1.15. The Morgan fingerprint density at radius 1 is 0.619 bits per heavy atom. The fraction of sp³-hybridized carbons (Fsp3) is 0.0476. The monoisotopic (exact) mass is 266 g/mol. The molecule has 0 atom stereocenters. The van der Waals surface area contributed by atoms with Gasteiger partial charge in [-0.1, -0.05) is 54.6 Å². The van der Waals surface area contributed by atoms with Crippen LogP contribution in [0.3, 0.4) is 0 Å². The average molecular weight is 266 g/mol. The highest BCUT2D eigenvalue weighted by Gasteiger charge is 2.22. The molecule has 0 radical (unpaired) electrons. The highest BCUT2D eigenvalue weighted by Crippen LogP contribution is 2.42. The van der Waals surface area contributed by atoms with Crippen molar-refractivity contribution in [3.05, 3.63) is 83.9 Å². The van der Waals surface area contributed by atoms with E-state index in [1.165, 1.54) is 43.8 Å². The predicted octanol–water partition coefficient (Wildman–Crippen LogP) is 5.56. The molecule has 21 heavy (non-hydrogen) atoms. The van der Waals surface area contributed by atoms with E-state index in [9.17, 15) is 0 Å². The number of benzene rings is 4. The Balaban J connectivity index is 1.93. The highest BCUT2D eigenvalue weighted by atomic mass is 14.3. The summed E-state index contributed by atoms with van der Waals surface area (Å²) in [6.07, 6.45) is 1.15. The van der Waals surface area contributed by atoms with Crippen LogP contribution < -0.4 is 0 Å². The molecule has 0 amide bonds. The van der Waals surface area contributed by atoms with E-state index in [-0.39, 0.29) is 0 Å². The van der Waals surface area contributed by atoms with Crippen LogP contribution in [0.2, 0.25) is 0 Å². The first kappa shape index (κ1) is 11.1. The summed E-state index contributed by atoms with van der Waals surface area (Å²) in [5, 5.41) is 5.48. The van der Waals surface area contributed by atoms with Crippen LogP contribution in [0.5, 0.6) is 0 Å². The van der Waals surface area contributed by atoms with Crippen molar-refractivity contribution in [2.24, 2.45) is 0 Å². The first-order chi connectivity index (χ1) is 10.4. The van der Waals surface area contributed by atoms with E-state index >= 15 is 0 Å². The van der Waals surface area contributed by atoms with Gasteiger partial charge in [-0.3, -0.25) is 0 Å². The summed E-state index contributed by atoms with van der Waals surface area (Å²) in [6.45, 7) is 0. The summed E-state index contributed by atoms with van der Waals surface area (Å²) in [6, 6.07) is 26.5. The second-order valence-corrected chi connectivity index (χ2v) is 5.85. The van der Waals surface area contributed by atoms with E-state index in [0.717, 1.165) is 6.42 Å². The third-order valence-corrected chi connectivity index (χ3v) is 4.53. The van der Waals surface area contributed by atoms with E-state index in [2.05, 4.69) is 72.8 Å². The summed E-state index contributed by atoms with van der Waals surface area (Å²) in [4.78, 5) is 0. The van der Waals surface area contributed by atoms with Gasteiger partial charge in [0.05, 0.1) is 0 Å². The minimum atomic E-state index is 1.15. The Labute approximate surface area is 123 Å². The van der Waals surface area contributed by atoms with Gasteiger partial charge in [0.1, 0.15) is 0 Å². The van der Waals surface area contributed by atoms with Gasteiger partial charge in [-0.15, -0.1) is 0 Å². The molecule has 0 aromatic heterocycles. The van der Waals surface area contributed by atoms with Crippen molar-refractivity contribution in [2.45, 2.75) is 6.42 Å². The van der Waals surface area contributed by atoms with Crippen LogP contribution in [0.4, 0.5) is 0 Å². The topological polar surface area (TPSA) is 0 Å². The van der Waals surface area contributed by atoms with Gasteiger partial charge in [0.2, 0.25) is 0 Å². The normalized spacial score (nSPS) is 12.6. The van der Waals surface area contributed by atoms with Gasteiger partial charge in [-0.2, -0.15) is 0 Å². The molecular formula is C21H14. The molecule has 0 aliphatic heterocycles. The van der Waals surface area contributed by atoms with Crippen molar-refractivity contribution in [1.29, 1.82) is 0 Å². The molecular weight excluding hydrogens is 252 g/mol. The Morgan fingerprint density at radius 3 is 2.05 bits per heavy atom. The van der Waals surface area contributed by atoms with Crippen LogP contribution in [-0.4, -0.2) is 0 Å². The maximum absolute atomic E-state index is 2.38. The van der Waals surface area contributed by atoms with E-state index < -0.39 is 0 Å². The molecule has 0 saturated carbocycles. The number of hydrogen-bond acceptors (Lipinski definition) is 0. The van der Waals surface area contributed by atoms with E-state index in [1.54, 1.807) is 0 Å². The molecule has 0 nitrogen and oxygen atoms in total. The fourth-order valence-electron chi connectivity index (χ4n) is 3.37. The molecule has 1 aliphatic rings. The molecule has 1 aliphatic carbocycles. The molecule has 98 valence electrons. The predicted molar refractivity (Wildman–Crippen MR) is 89.7 cm³/mol. The summed E-state index contributed by atoms with van der Waals surface area (Å²) in [5.41, 5.74) is 5.73. The number of hydrogen-bond donors (Lipinski definition) is 0. The molecule has 0 saturated heterocycles. The lowest BCUT2D eigenvalue weighted by Gasteiger charge is -2.08. The van der Waals surface area contributed by atoms with Gasteiger partial charge < -0.3 is 0 Å². The second kappa shape index (κ2) is 3.95. The van der Waals surface area contributed by atoms with Crippen molar-refractivity contribution in [2.75, 3.05) is 0 Å². The quantitative estimate of drug-likeness (QED) is 0.348. The molecule has 0 bridgehead atoms. The van der Waals surface area contributed by atoms with Gasteiger partial charge in [0.25, 0.3) is 0 Å². The van der Waals surface area contributed by atoms with Crippen LogP contribution in [0, 0.1) is 0 Å². The summed E-state index contributed by atoms with van der Waals surface area (Å²) in [7, 11) is 0. The standard InChI is InChI=1S/C21H14/c1-2-6-14(7-3-1)18-12-17-13-19(17)21-11-16-9-5-4-8-15(16)10-20(18)21/h1-12H,13H2. The minimum Gasteiger partial charge on any atom is -0.0622 e. The number of fused-ring (bicyclic) bond motifs is 4. The van der Waals surface area contributed by atoms with Gasteiger partial charge >= 0.3 is 0 Å². The zero-order valence-electron chi connectivity index (χ0n) is 11.6. The van der Waals surface area contributed by atoms with E-state index in [4.69, 9.17) is 0 Å². The molecule has 0 unspecified atom stereocenters. The third kappa shape index (κ3) is 1.62. The molecule has 4 aromatic rings. The van der Waals surface area contributed by atoms with Gasteiger partial charge in [-0.25, -0.2) is 0 Å². The zero-order chi connectivity index (χ0) is 13.8. The third-order valence-electron chi connectivity index (χ3n) is 4.53. The molecule has 0 N–H and O–H groups in total.